The third kappa shape index (κ3) is 9.35. The summed E-state index contributed by atoms with van der Waals surface area (Å²) in [6.07, 6.45) is 7.70. The summed E-state index contributed by atoms with van der Waals surface area (Å²) in [7, 11) is 1.49. The lowest BCUT2D eigenvalue weighted by atomic mass is 10.1. The lowest BCUT2D eigenvalue weighted by Crippen LogP contribution is -2.22. The Bertz CT molecular complexity index is 694. The molecule has 0 atom stereocenters. The monoisotopic (exact) mass is 389 g/mol. The molecule has 0 bridgehead atoms. The van der Waals surface area contributed by atoms with E-state index >= 15 is 0 Å². The second kappa shape index (κ2) is 12.7. The van der Waals surface area contributed by atoms with Gasteiger partial charge in [-0.3, -0.25) is 14.4 Å². The number of amides is 1. The molecular weight excluding hydrogens is 358 g/mol. The van der Waals surface area contributed by atoms with E-state index in [1.165, 1.54) is 14.0 Å². The summed E-state index contributed by atoms with van der Waals surface area (Å²) in [5, 5.41) is 2.89. The smallest absolute Gasteiger partial charge is 0.235 e. The van der Waals surface area contributed by atoms with Crippen molar-refractivity contribution < 1.29 is 23.9 Å². The Morgan fingerprint density at radius 3 is 2.54 bits per heavy atom. The predicted octanol–water partition coefficient (Wildman–Crippen LogP) is 3.62. The number of nitrogens with one attached hydrogen (secondary N) is 1. The van der Waals surface area contributed by atoms with Crippen molar-refractivity contribution in [1.29, 1.82) is 0 Å². The van der Waals surface area contributed by atoms with E-state index in [0.29, 0.717) is 30.4 Å². The number of carbonyl (C=O) groups is 3. The minimum atomic E-state index is -0.599. The second-order valence-electron chi connectivity index (χ2n) is 6.95. The Labute approximate surface area is 167 Å². The van der Waals surface area contributed by atoms with E-state index in [1.54, 1.807) is 18.2 Å². The topological polar surface area (TPSA) is 81.7 Å². The van der Waals surface area contributed by atoms with Crippen molar-refractivity contribution >= 4 is 17.5 Å². The number of allylic oxidation sites excluding steroid dienone is 2. The van der Waals surface area contributed by atoms with Crippen LogP contribution in [0.3, 0.4) is 0 Å². The maximum atomic E-state index is 12.0. The summed E-state index contributed by atoms with van der Waals surface area (Å²) in [6, 6.07) is 5.19. The number of rotatable bonds is 13. The number of carbonyl (C=O) groups excluding carboxylic acids is 3. The van der Waals surface area contributed by atoms with Gasteiger partial charge >= 0.3 is 0 Å². The molecule has 0 unspecified atom stereocenters. The van der Waals surface area contributed by atoms with E-state index in [1.807, 2.05) is 0 Å². The highest BCUT2D eigenvalue weighted by atomic mass is 16.5. The van der Waals surface area contributed by atoms with Crippen LogP contribution in [-0.2, 0) is 20.9 Å². The molecule has 0 saturated carbocycles. The summed E-state index contributed by atoms with van der Waals surface area (Å²) >= 11 is 0. The minimum Gasteiger partial charge on any atom is -0.493 e. The summed E-state index contributed by atoms with van der Waals surface area (Å²) in [6.45, 7) is 5.55. The van der Waals surface area contributed by atoms with E-state index in [9.17, 15) is 14.4 Å². The molecule has 0 aliphatic carbocycles. The van der Waals surface area contributed by atoms with Gasteiger partial charge in [0.1, 0.15) is 0 Å². The summed E-state index contributed by atoms with van der Waals surface area (Å²) in [4.78, 5) is 34.3. The van der Waals surface area contributed by atoms with Crippen LogP contribution in [0.4, 0.5) is 0 Å². The number of hydrogen-bond donors (Lipinski definition) is 1. The molecule has 0 aliphatic rings. The Morgan fingerprint density at radius 2 is 1.89 bits per heavy atom. The van der Waals surface area contributed by atoms with Crippen molar-refractivity contribution in [1.82, 2.24) is 5.32 Å². The number of ether oxygens (including phenoxy) is 2. The molecule has 1 aromatic rings. The second-order valence-corrected chi connectivity index (χ2v) is 6.95. The zero-order chi connectivity index (χ0) is 20.9. The van der Waals surface area contributed by atoms with Gasteiger partial charge in [0, 0.05) is 19.9 Å². The van der Waals surface area contributed by atoms with E-state index in [2.05, 4.69) is 31.3 Å². The third-order valence-electron chi connectivity index (χ3n) is 4.01. The van der Waals surface area contributed by atoms with Crippen LogP contribution in [0.5, 0.6) is 11.5 Å². The molecule has 1 aromatic carbocycles. The van der Waals surface area contributed by atoms with E-state index in [4.69, 9.17) is 9.47 Å². The van der Waals surface area contributed by atoms with Gasteiger partial charge in [0.05, 0.1) is 7.11 Å². The van der Waals surface area contributed by atoms with Gasteiger partial charge in [0.2, 0.25) is 11.7 Å². The van der Waals surface area contributed by atoms with Crippen molar-refractivity contribution in [3.8, 4) is 11.5 Å². The van der Waals surface area contributed by atoms with Gasteiger partial charge in [-0.1, -0.05) is 32.1 Å². The van der Waals surface area contributed by atoms with Gasteiger partial charge in [-0.05, 0) is 42.9 Å². The van der Waals surface area contributed by atoms with Crippen LogP contribution < -0.4 is 14.8 Å². The summed E-state index contributed by atoms with van der Waals surface area (Å²) in [5.41, 5.74) is 0.857. The highest BCUT2D eigenvalue weighted by molar-refractivity contribution is 6.36. The highest BCUT2D eigenvalue weighted by Gasteiger charge is 2.12. The Balaban J connectivity index is 2.42. The number of unbranched alkanes of at least 4 members (excludes halogenated alkanes) is 2. The highest BCUT2D eigenvalue weighted by Crippen LogP contribution is 2.28. The lowest BCUT2D eigenvalue weighted by molar-refractivity contribution is -0.136. The molecule has 154 valence electrons. The molecule has 0 radical (unpaired) electrons. The van der Waals surface area contributed by atoms with Crippen LogP contribution in [0.2, 0.25) is 0 Å². The third-order valence-corrected chi connectivity index (χ3v) is 4.01. The van der Waals surface area contributed by atoms with Crippen LogP contribution in [0.25, 0.3) is 0 Å². The first-order valence-corrected chi connectivity index (χ1v) is 9.60. The van der Waals surface area contributed by atoms with Crippen LogP contribution in [0.15, 0.2) is 30.4 Å². The van der Waals surface area contributed by atoms with Gasteiger partial charge in [-0.25, -0.2) is 0 Å². The summed E-state index contributed by atoms with van der Waals surface area (Å²) < 4.78 is 10.6. The maximum Gasteiger partial charge on any atom is 0.235 e. The molecule has 1 rings (SSSR count). The lowest BCUT2D eigenvalue weighted by Gasteiger charge is -2.12. The van der Waals surface area contributed by atoms with E-state index < -0.39 is 11.6 Å². The molecule has 28 heavy (non-hydrogen) atoms. The van der Waals surface area contributed by atoms with E-state index in [0.717, 1.165) is 24.8 Å². The van der Waals surface area contributed by atoms with Crippen LogP contribution >= 0.6 is 0 Å². The van der Waals surface area contributed by atoms with Crippen LogP contribution in [0, 0.1) is 5.92 Å². The molecule has 6 nitrogen and oxygen atoms in total. The first-order chi connectivity index (χ1) is 13.3. The molecule has 1 amide bonds. The summed E-state index contributed by atoms with van der Waals surface area (Å²) in [5.74, 6) is 0.250. The average Bonchev–Trinajstić information content (AvgIpc) is 2.66. The first kappa shape index (κ1) is 23.4. The molecule has 0 fully saturated rings. The molecule has 0 saturated heterocycles. The van der Waals surface area contributed by atoms with Gasteiger partial charge in [-0.15, -0.1) is 0 Å². The Morgan fingerprint density at radius 1 is 1.14 bits per heavy atom. The van der Waals surface area contributed by atoms with E-state index in [-0.39, 0.29) is 12.5 Å². The van der Waals surface area contributed by atoms with Crippen molar-refractivity contribution in [2.24, 2.45) is 5.92 Å². The fraction of sp³-hybridized carbons (Fsp3) is 0.500. The molecule has 1 N–H and O–H groups in total. The van der Waals surface area contributed by atoms with Gasteiger partial charge in [0.25, 0.3) is 0 Å². The standard InChI is InChI=1S/C22H31NO5/c1-16(2)9-7-5-6-8-10-22(26)23-14-18-11-12-20(21(13-18)27-4)28-15-19(25)17(3)24/h7,9,11-13,16H,5-6,8,10,14-15H2,1-4H3,(H,23,26)/b9-7+. The molecule has 0 aliphatic heterocycles. The fourth-order valence-corrected chi connectivity index (χ4v) is 2.39. The fourth-order valence-electron chi connectivity index (χ4n) is 2.39. The van der Waals surface area contributed by atoms with Crippen molar-refractivity contribution in [3.05, 3.63) is 35.9 Å². The van der Waals surface area contributed by atoms with Gasteiger partial charge < -0.3 is 14.8 Å². The number of ketones is 2. The van der Waals surface area contributed by atoms with Crippen molar-refractivity contribution in [2.45, 2.75) is 53.0 Å². The van der Waals surface area contributed by atoms with Gasteiger partial charge in [0.15, 0.2) is 23.9 Å². The number of hydrogen-bond acceptors (Lipinski definition) is 5. The minimum absolute atomic E-state index is 0.0131. The van der Waals surface area contributed by atoms with Crippen LogP contribution in [0.1, 0.15) is 52.0 Å². The predicted molar refractivity (Wildman–Crippen MR) is 108 cm³/mol. The Hall–Kier alpha value is -2.63. The average molecular weight is 389 g/mol. The van der Waals surface area contributed by atoms with Crippen molar-refractivity contribution in [3.63, 3.8) is 0 Å². The Kier molecular flexibility index (Phi) is 10.6. The first-order valence-electron chi connectivity index (χ1n) is 9.60. The van der Waals surface area contributed by atoms with Gasteiger partial charge in [-0.2, -0.15) is 0 Å². The number of Topliss-reactive ketones (excluding diaryl/α,β-unsaturated/α-hetero) is 2. The largest absolute Gasteiger partial charge is 0.493 e. The quantitative estimate of drug-likeness (QED) is 0.317. The zero-order valence-corrected chi connectivity index (χ0v) is 17.2. The van der Waals surface area contributed by atoms with Crippen LogP contribution in [-0.4, -0.2) is 31.2 Å². The molecular formula is C22H31NO5. The number of benzene rings is 1. The number of methoxy groups -OCH3 is 1. The zero-order valence-electron chi connectivity index (χ0n) is 17.2. The molecule has 0 spiro atoms. The molecule has 0 heterocycles. The maximum absolute atomic E-state index is 12.0. The SMILES string of the molecule is COc1cc(CNC(=O)CCCC/C=C/C(C)C)ccc1OCC(=O)C(C)=O. The molecule has 6 heteroatoms. The molecule has 0 aromatic heterocycles. The van der Waals surface area contributed by atoms with Crippen molar-refractivity contribution in [2.75, 3.05) is 13.7 Å². The normalized spacial score (nSPS) is 10.9.